The molecule has 0 aliphatic rings. The summed E-state index contributed by atoms with van der Waals surface area (Å²) in [7, 11) is 0. The molecule has 0 fully saturated rings. The van der Waals surface area contributed by atoms with Gasteiger partial charge in [0.05, 0.1) is 6.61 Å². The molecule has 0 atom stereocenters. The van der Waals surface area contributed by atoms with Crippen molar-refractivity contribution in [2.45, 2.75) is 239 Å². The molecule has 0 amide bonds. The van der Waals surface area contributed by atoms with E-state index in [0.717, 1.165) is 77.7 Å². The number of hydrogen-bond donors (Lipinski definition) is 2. The second-order valence-corrected chi connectivity index (χ2v) is 16.0. The fourth-order valence-corrected chi connectivity index (χ4v) is 7.20. The number of nitrogens with one attached hydrogen (secondary N) is 1. The first-order chi connectivity index (χ1) is 26.1. The zero-order valence-electron chi connectivity index (χ0n) is 36.0. The molecule has 0 unspecified atom stereocenters. The van der Waals surface area contributed by atoms with Gasteiger partial charge in [-0.1, -0.05) is 162 Å². The Labute approximate surface area is 330 Å². The fraction of sp³-hybridized carbons (Fsp3) is 0.957. The van der Waals surface area contributed by atoms with Crippen LogP contribution in [0, 0.1) is 0 Å². The number of carbonyl (C=O) groups excluding carboxylic acids is 2. The van der Waals surface area contributed by atoms with E-state index in [4.69, 9.17) is 15.2 Å². The predicted octanol–water partition coefficient (Wildman–Crippen LogP) is 12.2. The topological polar surface area (TPSA) is 93.9 Å². The van der Waals surface area contributed by atoms with E-state index < -0.39 is 0 Å². The minimum Gasteiger partial charge on any atom is -0.466 e. The molecule has 0 rings (SSSR count). The zero-order chi connectivity index (χ0) is 38.7. The van der Waals surface area contributed by atoms with Crippen LogP contribution in [0.5, 0.6) is 0 Å². The molecule has 7 heteroatoms. The highest BCUT2D eigenvalue weighted by molar-refractivity contribution is 5.69. The summed E-state index contributed by atoms with van der Waals surface area (Å²) >= 11 is 0. The third kappa shape index (κ3) is 40.3. The molecule has 0 spiro atoms. The Balaban J connectivity index is 4.16. The van der Waals surface area contributed by atoms with Crippen LogP contribution in [-0.4, -0.2) is 68.8 Å². The molecule has 0 aromatic carbocycles. The van der Waals surface area contributed by atoms with E-state index in [-0.39, 0.29) is 18.0 Å². The zero-order valence-corrected chi connectivity index (χ0v) is 36.0. The first kappa shape index (κ1) is 51.8. The van der Waals surface area contributed by atoms with Crippen molar-refractivity contribution in [1.82, 2.24) is 10.2 Å². The highest BCUT2D eigenvalue weighted by atomic mass is 16.5. The van der Waals surface area contributed by atoms with Crippen LogP contribution in [0.25, 0.3) is 0 Å². The van der Waals surface area contributed by atoms with Crippen LogP contribution < -0.4 is 11.1 Å². The van der Waals surface area contributed by atoms with Gasteiger partial charge in [0, 0.05) is 39.0 Å². The average molecular weight is 752 g/mol. The minimum absolute atomic E-state index is 0.0154. The van der Waals surface area contributed by atoms with Gasteiger partial charge < -0.3 is 25.4 Å². The van der Waals surface area contributed by atoms with Crippen molar-refractivity contribution in [3.8, 4) is 0 Å². The Hall–Kier alpha value is -1.18. The summed E-state index contributed by atoms with van der Waals surface area (Å²) in [5.41, 5.74) is 5.68. The molecule has 3 N–H and O–H groups in total. The summed E-state index contributed by atoms with van der Waals surface area (Å²) in [6.07, 6.45) is 38.9. The summed E-state index contributed by atoms with van der Waals surface area (Å²) in [6, 6.07) is 0. The maximum absolute atomic E-state index is 12.8. The molecule has 0 aromatic heterocycles. The largest absolute Gasteiger partial charge is 0.466 e. The van der Waals surface area contributed by atoms with E-state index >= 15 is 0 Å². The van der Waals surface area contributed by atoms with Gasteiger partial charge in [-0.2, -0.15) is 0 Å². The fourth-order valence-electron chi connectivity index (χ4n) is 7.20. The summed E-state index contributed by atoms with van der Waals surface area (Å²) in [5.74, 6) is 0.0140. The normalized spacial score (nSPS) is 11.6. The van der Waals surface area contributed by atoms with Crippen LogP contribution in [0.15, 0.2) is 0 Å². The first-order valence-corrected chi connectivity index (χ1v) is 23.5. The van der Waals surface area contributed by atoms with Gasteiger partial charge in [0.1, 0.15) is 6.10 Å². The van der Waals surface area contributed by atoms with Crippen molar-refractivity contribution in [1.29, 1.82) is 0 Å². The summed E-state index contributed by atoms with van der Waals surface area (Å²) in [5, 5.41) is 3.46. The lowest BCUT2D eigenvalue weighted by atomic mass is 10.0. The van der Waals surface area contributed by atoms with E-state index in [1.54, 1.807) is 0 Å². The highest BCUT2D eigenvalue weighted by Crippen LogP contribution is 2.18. The summed E-state index contributed by atoms with van der Waals surface area (Å²) < 4.78 is 11.5. The second-order valence-electron chi connectivity index (χ2n) is 16.0. The summed E-state index contributed by atoms with van der Waals surface area (Å²) in [6.45, 7) is 13.2. The number of unbranched alkanes of at least 4 members (excludes halogenated alkanes) is 24. The Bertz CT molecular complexity index is 736. The van der Waals surface area contributed by atoms with Crippen molar-refractivity contribution >= 4 is 11.9 Å². The lowest BCUT2D eigenvalue weighted by Crippen LogP contribution is -2.35. The van der Waals surface area contributed by atoms with Gasteiger partial charge in [0.2, 0.25) is 0 Å². The molecular weight excluding hydrogens is 659 g/mol. The van der Waals surface area contributed by atoms with Crippen molar-refractivity contribution < 1.29 is 19.1 Å². The van der Waals surface area contributed by atoms with Gasteiger partial charge >= 0.3 is 11.9 Å². The number of nitrogens with zero attached hydrogens (tertiary/aromatic N) is 1. The molecule has 0 aliphatic carbocycles. The number of rotatable bonds is 44. The smallest absolute Gasteiger partial charge is 0.306 e. The molecule has 0 bridgehead atoms. The van der Waals surface area contributed by atoms with Gasteiger partial charge in [0.25, 0.3) is 0 Å². The van der Waals surface area contributed by atoms with Crippen molar-refractivity contribution in [3.05, 3.63) is 0 Å². The Morgan fingerprint density at radius 3 is 1.40 bits per heavy atom. The van der Waals surface area contributed by atoms with E-state index in [0.29, 0.717) is 26.0 Å². The molecule has 0 aliphatic heterocycles. The van der Waals surface area contributed by atoms with Crippen LogP contribution >= 0.6 is 0 Å². The molecule has 316 valence electrons. The van der Waals surface area contributed by atoms with Gasteiger partial charge in [-0.05, 0) is 70.9 Å². The van der Waals surface area contributed by atoms with Crippen molar-refractivity contribution in [2.75, 3.05) is 45.9 Å². The SMILES string of the molecule is CCCCCCCCCOC(=O)CCCCCCCN(CCCCCCCC(=O)OC(CCCCCCCC)CCCCCCCC)CCNCCN. The van der Waals surface area contributed by atoms with Crippen LogP contribution in [0.3, 0.4) is 0 Å². The van der Waals surface area contributed by atoms with Gasteiger partial charge in [-0.3, -0.25) is 9.59 Å². The lowest BCUT2D eigenvalue weighted by molar-refractivity contribution is -0.150. The highest BCUT2D eigenvalue weighted by Gasteiger charge is 2.14. The Morgan fingerprint density at radius 2 is 0.906 bits per heavy atom. The van der Waals surface area contributed by atoms with Gasteiger partial charge in [-0.15, -0.1) is 0 Å². The second kappa shape index (κ2) is 43.5. The molecule has 53 heavy (non-hydrogen) atoms. The predicted molar refractivity (Wildman–Crippen MR) is 229 cm³/mol. The Morgan fingerprint density at radius 1 is 0.491 bits per heavy atom. The lowest BCUT2D eigenvalue weighted by Gasteiger charge is -2.22. The van der Waals surface area contributed by atoms with E-state index in [1.165, 1.54) is 154 Å². The quantitative estimate of drug-likeness (QED) is 0.0473. The van der Waals surface area contributed by atoms with E-state index in [2.05, 4.69) is 31.0 Å². The number of carbonyl (C=O) groups is 2. The minimum atomic E-state index is -0.0154. The monoisotopic (exact) mass is 752 g/mol. The molecule has 0 saturated heterocycles. The van der Waals surface area contributed by atoms with Crippen LogP contribution in [0.1, 0.15) is 233 Å². The number of ether oxygens (including phenoxy) is 2. The Kier molecular flexibility index (Phi) is 42.6. The third-order valence-electron chi connectivity index (χ3n) is 10.7. The molecule has 0 saturated carbocycles. The van der Waals surface area contributed by atoms with Gasteiger partial charge in [-0.25, -0.2) is 0 Å². The standard InChI is InChI=1S/C46H93N3O4/c1-4-7-10-13-16-25-32-43-52-45(50)35-28-21-17-23-30-40-49(42-39-48-38-37-47)41-31-24-18-22-29-36-46(51)53-44(33-26-19-14-11-8-5-2)34-27-20-15-12-9-6-3/h44,48H,4-43,47H2,1-3H3. The van der Waals surface area contributed by atoms with Gasteiger partial charge in [0.15, 0.2) is 0 Å². The number of nitrogens with two attached hydrogens (primary N) is 1. The molecule has 0 radical (unpaired) electrons. The van der Waals surface area contributed by atoms with Crippen molar-refractivity contribution in [3.63, 3.8) is 0 Å². The van der Waals surface area contributed by atoms with E-state index in [9.17, 15) is 9.59 Å². The molecule has 0 heterocycles. The van der Waals surface area contributed by atoms with Crippen molar-refractivity contribution in [2.24, 2.45) is 5.73 Å². The van der Waals surface area contributed by atoms with Crippen LogP contribution in [0.2, 0.25) is 0 Å². The maximum Gasteiger partial charge on any atom is 0.306 e. The number of esters is 2. The van der Waals surface area contributed by atoms with Crippen LogP contribution in [0.4, 0.5) is 0 Å². The van der Waals surface area contributed by atoms with Crippen LogP contribution in [-0.2, 0) is 19.1 Å². The maximum atomic E-state index is 12.8. The molecule has 7 nitrogen and oxygen atoms in total. The molecular formula is C46H93N3O4. The summed E-state index contributed by atoms with van der Waals surface area (Å²) in [4.78, 5) is 27.4. The molecule has 0 aromatic rings. The number of hydrogen-bond acceptors (Lipinski definition) is 7. The first-order valence-electron chi connectivity index (χ1n) is 23.5. The average Bonchev–Trinajstić information content (AvgIpc) is 3.15. The third-order valence-corrected chi connectivity index (χ3v) is 10.7. The van der Waals surface area contributed by atoms with E-state index in [1.807, 2.05) is 0 Å².